The molecule has 0 atom stereocenters. The Bertz CT molecular complexity index is 798. The molecule has 0 saturated heterocycles. The van der Waals surface area contributed by atoms with Gasteiger partial charge in [0.2, 0.25) is 0 Å². The SMILES string of the molecule is c1ccc(-c2n[nH]c(-c3cc4sccc4s3)n2)cc1. The van der Waals surface area contributed by atoms with Crippen molar-refractivity contribution in [3.05, 3.63) is 47.8 Å². The number of thiophene rings is 2. The Balaban J connectivity index is 1.77. The lowest BCUT2D eigenvalue weighted by Gasteiger charge is -1.91. The van der Waals surface area contributed by atoms with Crippen molar-refractivity contribution >= 4 is 32.1 Å². The Kier molecular flexibility index (Phi) is 2.46. The number of aromatic nitrogens is 3. The summed E-state index contributed by atoms with van der Waals surface area (Å²) in [5.41, 5.74) is 1.03. The van der Waals surface area contributed by atoms with Gasteiger partial charge in [0.05, 0.1) is 4.88 Å². The van der Waals surface area contributed by atoms with E-state index in [-0.39, 0.29) is 0 Å². The summed E-state index contributed by atoms with van der Waals surface area (Å²) in [4.78, 5) is 5.71. The maximum atomic E-state index is 4.57. The molecular formula is C14H9N3S2. The number of H-pyrrole nitrogens is 1. The second-order valence-electron chi connectivity index (χ2n) is 4.13. The van der Waals surface area contributed by atoms with Crippen LogP contribution in [0.3, 0.4) is 0 Å². The van der Waals surface area contributed by atoms with Crippen LogP contribution in [0.4, 0.5) is 0 Å². The fourth-order valence-electron chi connectivity index (χ4n) is 1.97. The van der Waals surface area contributed by atoms with E-state index < -0.39 is 0 Å². The van der Waals surface area contributed by atoms with E-state index in [2.05, 4.69) is 32.7 Å². The highest BCUT2D eigenvalue weighted by Crippen LogP contribution is 2.35. The second kappa shape index (κ2) is 4.29. The first-order valence-electron chi connectivity index (χ1n) is 5.85. The second-order valence-corrected chi connectivity index (χ2v) is 6.16. The van der Waals surface area contributed by atoms with E-state index in [1.54, 1.807) is 22.7 Å². The van der Waals surface area contributed by atoms with Crippen molar-refractivity contribution in [1.29, 1.82) is 0 Å². The van der Waals surface area contributed by atoms with E-state index in [9.17, 15) is 0 Å². The topological polar surface area (TPSA) is 41.6 Å². The molecule has 4 rings (SSSR count). The lowest BCUT2D eigenvalue weighted by Crippen LogP contribution is -1.78. The normalized spacial score (nSPS) is 11.2. The van der Waals surface area contributed by atoms with Crippen LogP contribution >= 0.6 is 22.7 Å². The van der Waals surface area contributed by atoms with Crippen LogP contribution in [0.25, 0.3) is 31.5 Å². The summed E-state index contributed by atoms with van der Waals surface area (Å²) in [7, 11) is 0. The van der Waals surface area contributed by atoms with E-state index in [1.165, 1.54) is 9.40 Å². The van der Waals surface area contributed by atoms with Crippen molar-refractivity contribution in [2.45, 2.75) is 0 Å². The first-order chi connectivity index (χ1) is 9.40. The number of fused-ring (bicyclic) bond motifs is 1. The van der Waals surface area contributed by atoms with Gasteiger partial charge in [0.15, 0.2) is 11.6 Å². The third-order valence-electron chi connectivity index (χ3n) is 2.89. The molecule has 0 aliphatic rings. The van der Waals surface area contributed by atoms with E-state index in [0.717, 1.165) is 22.1 Å². The molecular weight excluding hydrogens is 274 g/mol. The molecule has 0 fully saturated rings. The minimum absolute atomic E-state index is 0.743. The van der Waals surface area contributed by atoms with Crippen molar-refractivity contribution in [1.82, 2.24) is 15.2 Å². The molecule has 5 heteroatoms. The van der Waals surface area contributed by atoms with Crippen LogP contribution in [0.15, 0.2) is 47.8 Å². The lowest BCUT2D eigenvalue weighted by atomic mass is 10.2. The lowest BCUT2D eigenvalue weighted by molar-refractivity contribution is 1.10. The number of aromatic amines is 1. The van der Waals surface area contributed by atoms with Gasteiger partial charge in [-0.25, -0.2) is 4.98 Å². The van der Waals surface area contributed by atoms with Gasteiger partial charge in [0.25, 0.3) is 0 Å². The number of hydrogen-bond donors (Lipinski definition) is 1. The highest BCUT2D eigenvalue weighted by Gasteiger charge is 2.10. The number of rotatable bonds is 2. The van der Waals surface area contributed by atoms with Crippen LogP contribution in [0, 0.1) is 0 Å². The Morgan fingerprint density at radius 1 is 1.00 bits per heavy atom. The molecule has 0 aliphatic carbocycles. The molecule has 0 unspecified atom stereocenters. The molecule has 0 saturated carbocycles. The van der Waals surface area contributed by atoms with Gasteiger partial charge in [-0.15, -0.1) is 22.7 Å². The number of nitrogens with one attached hydrogen (secondary N) is 1. The van der Waals surface area contributed by atoms with Gasteiger partial charge < -0.3 is 0 Å². The van der Waals surface area contributed by atoms with Gasteiger partial charge in [-0.3, -0.25) is 5.10 Å². The van der Waals surface area contributed by atoms with Crippen LogP contribution < -0.4 is 0 Å². The summed E-state index contributed by atoms with van der Waals surface area (Å²) in [6.45, 7) is 0. The Hall–Kier alpha value is -1.98. The Morgan fingerprint density at radius 3 is 2.74 bits per heavy atom. The summed E-state index contributed by atoms with van der Waals surface area (Å²) in [6, 6.07) is 14.3. The standard InChI is InChI=1S/C14H9N3S2/c1-2-4-9(5-3-1)13-15-14(17-16-13)12-8-11-10(19-12)6-7-18-11/h1-8H,(H,15,16,17). The molecule has 0 aliphatic heterocycles. The molecule has 0 amide bonds. The third-order valence-corrected chi connectivity index (χ3v) is 4.99. The van der Waals surface area contributed by atoms with Crippen molar-refractivity contribution in [2.24, 2.45) is 0 Å². The van der Waals surface area contributed by atoms with Gasteiger partial charge in [-0.05, 0) is 17.5 Å². The van der Waals surface area contributed by atoms with Crippen molar-refractivity contribution in [2.75, 3.05) is 0 Å². The van der Waals surface area contributed by atoms with Crippen molar-refractivity contribution in [3.8, 4) is 22.1 Å². The molecule has 1 aromatic carbocycles. The minimum atomic E-state index is 0.743. The molecule has 3 aromatic heterocycles. The average molecular weight is 283 g/mol. The first-order valence-corrected chi connectivity index (χ1v) is 7.55. The zero-order chi connectivity index (χ0) is 12.7. The van der Waals surface area contributed by atoms with Crippen LogP contribution in [-0.4, -0.2) is 15.2 Å². The minimum Gasteiger partial charge on any atom is -0.258 e. The van der Waals surface area contributed by atoms with Crippen LogP contribution in [-0.2, 0) is 0 Å². The number of hydrogen-bond acceptors (Lipinski definition) is 4. The quantitative estimate of drug-likeness (QED) is 0.592. The van der Waals surface area contributed by atoms with Crippen molar-refractivity contribution < 1.29 is 0 Å². The Labute approximate surface area is 117 Å². The van der Waals surface area contributed by atoms with Gasteiger partial charge >= 0.3 is 0 Å². The first kappa shape index (κ1) is 10.9. The summed E-state index contributed by atoms with van der Waals surface area (Å²) >= 11 is 3.50. The maximum Gasteiger partial charge on any atom is 0.181 e. The predicted octanol–water partition coefficient (Wildman–Crippen LogP) is 4.41. The summed E-state index contributed by atoms with van der Waals surface area (Å²) < 4.78 is 2.61. The molecule has 1 N–H and O–H groups in total. The van der Waals surface area contributed by atoms with E-state index in [4.69, 9.17) is 0 Å². The zero-order valence-corrected chi connectivity index (χ0v) is 11.5. The molecule has 3 nitrogen and oxygen atoms in total. The largest absolute Gasteiger partial charge is 0.258 e. The zero-order valence-electron chi connectivity index (χ0n) is 9.83. The average Bonchev–Trinajstić information content (AvgIpc) is 3.14. The maximum absolute atomic E-state index is 4.57. The monoisotopic (exact) mass is 283 g/mol. The molecule has 92 valence electrons. The van der Waals surface area contributed by atoms with Gasteiger partial charge in [-0.2, -0.15) is 5.10 Å². The van der Waals surface area contributed by atoms with Crippen LogP contribution in [0.2, 0.25) is 0 Å². The van der Waals surface area contributed by atoms with E-state index in [1.807, 2.05) is 30.3 Å². The molecule has 3 heterocycles. The molecule has 19 heavy (non-hydrogen) atoms. The van der Waals surface area contributed by atoms with E-state index >= 15 is 0 Å². The fraction of sp³-hybridized carbons (Fsp3) is 0. The van der Waals surface area contributed by atoms with Gasteiger partial charge in [0.1, 0.15) is 0 Å². The smallest absolute Gasteiger partial charge is 0.181 e. The molecule has 0 spiro atoms. The number of nitrogens with zero attached hydrogens (tertiary/aromatic N) is 2. The van der Waals surface area contributed by atoms with Gasteiger partial charge in [0, 0.05) is 15.0 Å². The van der Waals surface area contributed by atoms with Crippen LogP contribution in [0.1, 0.15) is 0 Å². The Morgan fingerprint density at radius 2 is 1.89 bits per heavy atom. The molecule has 4 aromatic rings. The van der Waals surface area contributed by atoms with Crippen molar-refractivity contribution in [3.63, 3.8) is 0 Å². The predicted molar refractivity (Wildman–Crippen MR) is 80.5 cm³/mol. The highest BCUT2D eigenvalue weighted by molar-refractivity contribution is 7.28. The van der Waals surface area contributed by atoms with Crippen LogP contribution in [0.5, 0.6) is 0 Å². The summed E-state index contributed by atoms with van der Waals surface area (Å²) in [5, 5.41) is 9.43. The highest BCUT2D eigenvalue weighted by atomic mass is 32.1. The fourth-order valence-corrected chi connectivity index (χ4v) is 4.02. The molecule has 0 radical (unpaired) electrons. The summed E-state index contributed by atoms with van der Waals surface area (Å²) in [5.74, 6) is 1.58. The van der Waals surface area contributed by atoms with Gasteiger partial charge in [-0.1, -0.05) is 30.3 Å². The third kappa shape index (κ3) is 1.87. The summed E-state index contributed by atoms with van der Waals surface area (Å²) in [6.07, 6.45) is 0. The number of benzene rings is 1. The van der Waals surface area contributed by atoms with E-state index in [0.29, 0.717) is 0 Å². The molecule has 0 bridgehead atoms.